The van der Waals surface area contributed by atoms with E-state index in [2.05, 4.69) is 6.92 Å². The Balaban J connectivity index is 1.29. The molecule has 2 unspecified atom stereocenters. The number of benzene rings is 1. The van der Waals surface area contributed by atoms with E-state index in [-0.39, 0.29) is 35.6 Å². The first-order valence-corrected chi connectivity index (χ1v) is 13.4. The van der Waals surface area contributed by atoms with E-state index in [0.717, 1.165) is 70.1 Å². The van der Waals surface area contributed by atoms with Gasteiger partial charge in [0.1, 0.15) is 0 Å². The number of halogens is 3. The fourth-order valence-electron chi connectivity index (χ4n) is 6.39. The number of hydrogen-bond donors (Lipinski definition) is 0. The molecule has 3 aliphatic carbocycles. The lowest BCUT2D eigenvalue weighted by Gasteiger charge is -2.32. The van der Waals surface area contributed by atoms with Gasteiger partial charge in [-0.2, -0.15) is 0 Å². The molecule has 0 N–H and O–H groups in total. The monoisotopic (exact) mass is 462 g/mol. The van der Waals surface area contributed by atoms with E-state index < -0.39 is 11.6 Å². The molecule has 2 saturated carbocycles. The number of hydrogen-bond acceptors (Lipinski definition) is 1. The van der Waals surface area contributed by atoms with Gasteiger partial charge in [-0.1, -0.05) is 38.8 Å². The summed E-state index contributed by atoms with van der Waals surface area (Å²) in [6, 6.07) is 3.72. The standard InChI is InChI=1S/C29H41F3O/c1-3-4-20-7-9-22(10-8-20)25-15-16-26(29(32)28(25)31)23-11-13-24(14-12-23)33-18-21-6-5-19(2)27(30)17-21/h15-17,19-24H,3-14,18H2,1-2H3. The van der Waals surface area contributed by atoms with Gasteiger partial charge >= 0.3 is 0 Å². The van der Waals surface area contributed by atoms with Crippen molar-refractivity contribution in [2.24, 2.45) is 17.8 Å². The maximum Gasteiger partial charge on any atom is 0.162 e. The van der Waals surface area contributed by atoms with Crippen LogP contribution >= 0.6 is 0 Å². The molecule has 1 aromatic rings. The minimum atomic E-state index is -0.621. The number of rotatable bonds is 7. The Morgan fingerprint density at radius 1 is 0.788 bits per heavy atom. The molecule has 0 saturated heterocycles. The topological polar surface area (TPSA) is 9.23 Å². The van der Waals surface area contributed by atoms with E-state index in [0.29, 0.717) is 17.7 Å². The van der Waals surface area contributed by atoms with Gasteiger partial charge in [0, 0.05) is 11.8 Å². The van der Waals surface area contributed by atoms with Crippen molar-refractivity contribution in [3.63, 3.8) is 0 Å². The minimum absolute atomic E-state index is 0.00601. The van der Waals surface area contributed by atoms with E-state index in [1.807, 2.05) is 19.1 Å². The van der Waals surface area contributed by atoms with E-state index in [9.17, 15) is 4.39 Å². The van der Waals surface area contributed by atoms with E-state index in [4.69, 9.17) is 4.74 Å². The maximum absolute atomic E-state index is 15.1. The minimum Gasteiger partial charge on any atom is -0.378 e. The quantitative estimate of drug-likeness (QED) is 0.393. The summed E-state index contributed by atoms with van der Waals surface area (Å²) in [5, 5.41) is 0. The highest BCUT2D eigenvalue weighted by molar-refractivity contribution is 5.32. The zero-order valence-electron chi connectivity index (χ0n) is 20.4. The van der Waals surface area contributed by atoms with Crippen molar-refractivity contribution in [2.75, 3.05) is 6.61 Å². The third kappa shape index (κ3) is 6.05. The first-order valence-electron chi connectivity index (χ1n) is 13.4. The molecule has 1 nitrogen and oxygen atoms in total. The lowest BCUT2D eigenvalue weighted by molar-refractivity contribution is 0.00836. The van der Waals surface area contributed by atoms with Crippen LogP contribution in [-0.4, -0.2) is 12.7 Å². The molecule has 0 amide bonds. The van der Waals surface area contributed by atoms with Gasteiger partial charge in [0.25, 0.3) is 0 Å². The summed E-state index contributed by atoms with van der Waals surface area (Å²) in [4.78, 5) is 0. The third-order valence-corrected chi connectivity index (χ3v) is 8.62. The molecule has 2 atom stereocenters. The van der Waals surface area contributed by atoms with Gasteiger partial charge in [-0.05, 0) is 99.2 Å². The molecule has 0 spiro atoms. The second-order valence-electron chi connectivity index (χ2n) is 11.0. The Hall–Kier alpha value is -1.29. The summed E-state index contributed by atoms with van der Waals surface area (Å²) in [5.41, 5.74) is 1.13. The van der Waals surface area contributed by atoms with Crippen LogP contribution in [0.1, 0.15) is 114 Å². The van der Waals surface area contributed by atoms with Gasteiger partial charge in [-0.25, -0.2) is 13.2 Å². The molecule has 184 valence electrons. The van der Waals surface area contributed by atoms with Gasteiger partial charge in [-0.3, -0.25) is 0 Å². The largest absolute Gasteiger partial charge is 0.378 e. The molecule has 4 rings (SSSR count). The van der Waals surface area contributed by atoms with Crippen LogP contribution in [0.4, 0.5) is 13.2 Å². The average molecular weight is 463 g/mol. The highest BCUT2D eigenvalue weighted by Crippen LogP contribution is 2.41. The summed E-state index contributed by atoms with van der Waals surface area (Å²) >= 11 is 0. The summed E-state index contributed by atoms with van der Waals surface area (Å²) in [7, 11) is 0. The van der Waals surface area contributed by atoms with E-state index in [1.54, 1.807) is 6.08 Å². The lowest BCUT2D eigenvalue weighted by atomic mass is 9.76. The van der Waals surface area contributed by atoms with Crippen molar-refractivity contribution in [3.05, 3.63) is 46.8 Å². The Bertz CT molecular complexity index is 803. The molecular formula is C29H41F3O. The lowest BCUT2D eigenvalue weighted by Crippen LogP contribution is -2.25. The van der Waals surface area contributed by atoms with Crippen molar-refractivity contribution in [1.82, 2.24) is 0 Å². The van der Waals surface area contributed by atoms with Crippen LogP contribution < -0.4 is 0 Å². The number of allylic oxidation sites excluding steroid dienone is 1. The summed E-state index contributed by atoms with van der Waals surface area (Å²) < 4.78 is 50.1. The molecule has 0 aromatic heterocycles. The summed E-state index contributed by atoms with van der Waals surface area (Å²) in [5.74, 6) is -0.0609. The van der Waals surface area contributed by atoms with Crippen molar-refractivity contribution < 1.29 is 17.9 Å². The zero-order chi connectivity index (χ0) is 23.4. The van der Waals surface area contributed by atoms with Crippen LogP contribution in [0.15, 0.2) is 24.0 Å². The van der Waals surface area contributed by atoms with Gasteiger partial charge in [0.05, 0.1) is 18.5 Å². The Morgan fingerprint density at radius 2 is 1.36 bits per heavy atom. The fraction of sp³-hybridized carbons (Fsp3) is 0.724. The molecule has 3 aliphatic rings. The average Bonchev–Trinajstić information content (AvgIpc) is 2.83. The van der Waals surface area contributed by atoms with Crippen LogP contribution in [-0.2, 0) is 4.74 Å². The van der Waals surface area contributed by atoms with Crippen LogP contribution in [0.25, 0.3) is 0 Å². The van der Waals surface area contributed by atoms with Crippen LogP contribution in [0.3, 0.4) is 0 Å². The van der Waals surface area contributed by atoms with Gasteiger partial charge in [-0.15, -0.1) is 0 Å². The van der Waals surface area contributed by atoms with Gasteiger partial charge in [0.15, 0.2) is 11.6 Å². The van der Waals surface area contributed by atoms with Crippen molar-refractivity contribution in [3.8, 4) is 0 Å². The van der Waals surface area contributed by atoms with Crippen LogP contribution in [0, 0.1) is 29.4 Å². The first kappa shape index (κ1) is 24.8. The summed E-state index contributed by atoms with van der Waals surface area (Å²) in [6.45, 7) is 4.71. The van der Waals surface area contributed by atoms with E-state index >= 15 is 8.78 Å². The fourth-order valence-corrected chi connectivity index (χ4v) is 6.39. The highest BCUT2D eigenvalue weighted by atomic mass is 19.2. The number of ether oxygens (including phenoxy) is 1. The molecule has 33 heavy (non-hydrogen) atoms. The second kappa shape index (κ2) is 11.4. The molecule has 0 heterocycles. The van der Waals surface area contributed by atoms with Crippen LogP contribution in [0.5, 0.6) is 0 Å². The van der Waals surface area contributed by atoms with Crippen molar-refractivity contribution >= 4 is 0 Å². The summed E-state index contributed by atoms with van der Waals surface area (Å²) in [6.07, 6.45) is 13.7. The molecule has 0 bridgehead atoms. The predicted octanol–water partition coefficient (Wildman–Crippen LogP) is 8.98. The Labute approximate surface area is 198 Å². The Morgan fingerprint density at radius 3 is 1.91 bits per heavy atom. The van der Waals surface area contributed by atoms with Gasteiger partial charge in [0.2, 0.25) is 0 Å². The first-order chi connectivity index (χ1) is 16.0. The molecular weight excluding hydrogens is 421 g/mol. The van der Waals surface area contributed by atoms with Crippen molar-refractivity contribution in [2.45, 2.75) is 109 Å². The van der Waals surface area contributed by atoms with Gasteiger partial charge < -0.3 is 4.74 Å². The normalized spacial score (nSPS) is 33.1. The highest BCUT2D eigenvalue weighted by Gasteiger charge is 2.30. The van der Waals surface area contributed by atoms with E-state index in [1.165, 1.54) is 12.8 Å². The third-order valence-electron chi connectivity index (χ3n) is 8.62. The maximum atomic E-state index is 15.1. The van der Waals surface area contributed by atoms with Crippen LogP contribution in [0.2, 0.25) is 0 Å². The smallest absolute Gasteiger partial charge is 0.162 e. The molecule has 1 aromatic carbocycles. The predicted molar refractivity (Wildman–Crippen MR) is 128 cm³/mol. The molecule has 0 radical (unpaired) electrons. The Kier molecular flexibility index (Phi) is 8.59. The molecule has 4 heteroatoms. The molecule has 2 fully saturated rings. The SMILES string of the molecule is CCCC1CCC(c2ccc(C3CCC(OCC4C=C(F)C(C)CC4)CC3)c(F)c2F)CC1. The van der Waals surface area contributed by atoms with Crippen molar-refractivity contribution in [1.29, 1.82) is 0 Å². The second-order valence-corrected chi connectivity index (χ2v) is 11.0. The molecule has 0 aliphatic heterocycles. The zero-order valence-corrected chi connectivity index (χ0v) is 20.4.